The van der Waals surface area contributed by atoms with Crippen molar-refractivity contribution in [2.75, 3.05) is 32.7 Å². The monoisotopic (exact) mass is 186 g/mol. The SMILES string of the molecule is CC.CC(C)CCN1CCNCC1. The molecule has 2 nitrogen and oxygen atoms in total. The van der Waals surface area contributed by atoms with E-state index in [4.69, 9.17) is 0 Å². The zero-order valence-corrected chi connectivity index (χ0v) is 9.77. The molecule has 2 heteroatoms. The molecule has 0 spiro atoms. The van der Waals surface area contributed by atoms with Crippen molar-refractivity contribution in [2.24, 2.45) is 5.92 Å². The Bertz CT molecular complexity index is 96.3. The third-order valence-electron chi connectivity index (χ3n) is 2.23. The third-order valence-corrected chi connectivity index (χ3v) is 2.23. The Morgan fingerprint density at radius 2 is 1.69 bits per heavy atom. The molecule has 0 aliphatic carbocycles. The minimum Gasteiger partial charge on any atom is -0.314 e. The Morgan fingerprint density at radius 3 is 2.15 bits per heavy atom. The highest BCUT2D eigenvalue weighted by Gasteiger charge is 2.08. The summed E-state index contributed by atoms with van der Waals surface area (Å²) in [5.74, 6) is 0.852. The van der Waals surface area contributed by atoms with Crippen molar-refractivity contribution in [2.45, 2.75) is 34.1 Å². The first-order chi connectivity index (χ1) is 6.29. The third kappa shape index (κ3) is 7.03. The highest BCUT2D eigenvalue weighted by Crippen LogP contribution is 2.02. The van der Waals surface area contributed by atoms with Crippen LogP contribution < -0.4 is 5.32 Å². The summed E-state index contributed by atoms with van der Waals surface area (Å²) < 4.78 is 0. The average molecular weight is 186 g/mol. The van der Waals surface area contributed by atoms with Crippen LogP contribution in [0.15, 0.2) is 0 Å². The van der Waals surface area contributed by atoms with Crippen molar-refractivity contribution in [3.63, 3.8) is 0 Å². The largest absolute Gasteiger partial charge is 0.314 e. The predicted molar refractivity (Wildman–Crippen MR) is 60.1 cm³/mol. The number of rotatable bonds is 3. The van der Waals surface area contributed by atoms with E-state index in [1.165, 1.54) is 39.1 Å². The van der Waals surface area contributed by atoms with Gasteiger partial charge in [0.25, 0.3) is 0 Å². The van der Waals surface area contributed by atoms with E-state index in [1.807, 2.05) is 13.8 Å². The topological polar surface area (TPSA) is 15.3 Å². The summed E-state index contributed by atoms with van der Waals surface area (Å²) in [5.41, 5.74) is 0. The second-order valence-corrected chi connectivity index (χ2v) is 3.77. The van der Waals surface area contributed by atoms with Gasteiger partial charge in [0.15, 0.2) is 0 Å². The van der Waals surface area contributed by atoms with Gasteiger partial charge in [-0.3, -0.25) is 0 Å². The Morgan fingerprint density at radius 1 is 1.15 bits per heavy atom. The van der Waals surface area contributed by atoms with Crippen LogP contribution in [0.2, 0.25) is 0 Å². The van der Waals surface area contributed by atoms with Gasteiger partial charge in [0.1, 0.15) is 0 Å². The minimum atomic E-state index is 0.852. The van der Waals surface area contributed by atoms with Crippen molar-refractivity contribution in [3.8, 4) is 0 Å². The first-order valence-electron chi connectivity index (χ1n) is 5.72. The molecule has 0 aromatic carbocycles. The number of hydrogen-bond acceptors (Lipinski definition) is 2. The normalized spacial score (nSPS) is 18.2. The summed E-state index contributed by atoms with van der Waals surface area (Å²) in [6, 6.07) is 0. The molecule has 80 valence electrons. The molecule has 1 N–H and O–H groups in total. The van der Waals surface area contributed by atoms with Gasteiger partial charge >= 0.3 is 0 Å². The van der Waals surface area contributed by atoms with Crippen molar-refractivity contribution < 1.29 is 0 Å². The van der Waals surface area contributed by atoms with E-state index in [9.17, 15) is 0 Å². The molecule has 0 saturated carbocycles. The average Bonchev–Trinajstić information content (AvgIpc) is 2.19. The van der Waals surface area contributed by atoms with Gasteiger partial charge in [-0.2, -0.15) is 0 Å². The van der Waals surface area contributed by atoms with E-state index < -0.39 is 0 Å². The summed E-state index contributed by atoms with van der Waals surface area (Å²) in [6.45, 7) is 14.7. The molecule has 13 heavy (non-hydrogen) atoms. The van der Waals surface area contributed by atoms with Gasteiger partial charge < -0.3 is 10.2 Å². The predicted octanol–water partition coefficient (Wildman–Crippen LogP) is 1.96. The van der Waals surface area contributed by atoms with Crippen LogP contribution in [0.25, 0.3) is 0 Å². The molecule has 1 aliphatic rings. The molecule has 1 heterocycles. The van der Waals surface area contributed by atoms with E-state index in [1.54, 1.807) is 0 Å². The van der Waals surface area contributed by atoms with E-state index in [0.29, 0.717) is 0 Å². The molecule has 1 rings (SSSR count). The molecular weight excluding hydrogens is 160 g/mol. The molecule has 0 aromatic heterocycles. The van der Waals surface area contributed by atoms with Crippen LogP contribution in [-0.2, 0) is 0 Å². The summed E-state index contributed by atoms with van der Waals surface area (Å²) in [7, 11) is 0. The lowest BCUT2D eigenvalue weighted by atomic mass is 10.1. The molecule has 0 aromatic rings. The van der Waals surface area contributed by atoms with Crippen molar-refractivity contribution in [1.82, 2.24) is 10.2 Å². The Hall–Kier alpha value is -0.0800. The first-order valence-corrected chi connectivity index (χ1v) is 5.72. The lowest BCUT2D eigenvalue weighted by Gasteiger charge is -2.27. The second kappa shape index (κ2) is 8.52. The number of piperazine rings is 1. The Kier molecular flexibility index (Phi) is 8.46. The summed E-state index contributed by atoms with van der Waals surface area (Å²) in [5, 5.41) is 3.36. The number of nitrogens with one attached hydrogen (secondary N) is 1. The van der Waals surface area contributed by atoms with Crippen LogP contribution in [0.3, 0.4) is 0 Å². The van der Waals surface area contributed by atoms with E-state index in [0.717, 1.165) is 5.92 Å². The maximum absolute atomic E-state index is 3.36. The van der Waals surface area contributed by atoms with Gasteiger partial charge in [-0.1, -0.05) is 27.7 Å². The summed E-state index contributed by atoms with van der Waals surface area (Å²) >= 11 is 0. The van der Waals surface area contributed by atoms with E-state index in [-0.39, 0.29) is 0 Å². The summed E-state index contributed by atoms with van der Waals surface area (Å²) in [6.07, 6.45) is 1.35. The lowest BCUT2D eigenvalue weighted by molar-refractivity contribution is 0.228. The van der Waals surface area contributed by atoms with Gasteiger partial charge in [-0.15, -0.1) is 0 Å². The maximum Gasteiger partial charge on any atom is 0.0107 e. The number of nitrogens with zero attached hydrogens (tertiary/aromatic N) is 1. The molecule has 0 unspecified atom stereocenters. The van der Waals surface area contributed by atoms with Crippen molar-refractivity contribution in [3.05, 3.63) is 0 Å². The molecule has 1 saturated heterocycles. The fourth-order valence-electron chi connectivity index (χ4n) is 1.38. The van der Waals surface area contributed by atoms with Crippen molar-refractivity contribution in [1.29, 1.82) is 0 Å². The van der Waals surface area contributed by atoms with Gasteiger partial charge in [-0.25, -0.2) is 0 Å². The highest BCUT2D eigenvalue weighted by molar-refractivity contribution is 4.67. The maximum atomic E-state index is 3.36. The molecule has 1 fully saturated rings. The molecule has 0 atom stereocenters. The van der Waals surface area contributed by atoms with Gasteiger partial charge in [0.05, 0.1) is 0 Å². The van der Waals surface area contributed by atoms with Crippen LogP contribution in [0.1, 0.15) is 34.1 Å². The standard InChI is InChI=1S/C9H20N2.C2H6/c1-9(2)3-6-11-7-4-10-5-8-11;1-2/h9-10H,3-8H2,1-2H3;1-2H3. The molecule has 1 aliphatic heterocycles. The Labute approximate surface area is 83.7 Å². The van der Waals surface area contributed by atoms with Crippen molar-refractivity contribution >= 4 is 0 Å². The highest BCUT2D eigenvalue weighted by atomic mass is 15.2. The van der Waals surface area contributed by atoms with Crippen LogP contribution in [-0.4, -0.2) is 37.6 Å². The lowest BCUT2D eigenvalue weighted by Crippen LogP contribution is -2.43. The molecular formula is C11H26N2. The van der Waals surface area contributed by atoms with Crippen LogP contribution in [0.4, 0.5) is 0 Å². The minimum absolute atomic E-state index is 0.852. The van der Waals surface area contributed by atoms with Gasteiger partial charge in [-0.05, 0) is 18.9 Å². The quantitative estimate of drug-likeness (QED) is 0.725. The van der Waals surface area contributed by atoms with Gasteiger partial charge in [0.2, 0.25) is 0 Å². The fourth-order valence-corrected chi connectivity index (χ4v) is 1.38. The smallest absolute Gasteiger partial charge is 0.0107 e. The first kappa shape index (κ1) is 12.9. The fraction of sp³-hybridized carbons (Fsp3) is 1.00. The summed E-state index contributed by atoms with van der Waals surface area (Å²) in [4.78, 5) is 2.55. The van der Waals surface area contributed by atoms with Crippen LogP contribution in [0, 0.1) is 5.92 Å². The zero-order valence-electron chi connectivity index (χ0n) is 9.77. The van der Waals surface area contributed by atoms with Crippen LogP contribution >= 0.6 is 0 Å². The molecule has 0 bridgehead atoms. The van der Waals surface area contributed by atoms with Crippen LogP contribution in [0.5, 0.6) is 0 Å². The number of hydrogen-bond donors (Lipinski definition) is 1. The molecule has 0 amide bonds. The van der Waals surface area contributed by atoms with E-state index >= 15 is 0 Å². The van der Waals surface area contributed by atoms with E-state index in [2.05, 4.69) is 24.1 Å². The second-order valence-electron chi connectivity index (χ2n) is 3.77. The Balaban J connectivity index is 0.000000671. The molecule has 0 radical (unpaired) electrons. The zero-order chi connectivity index (χ0) is 10.1. The van der Waals surface area contributed by atoms with Gasteiger partial charge in [0, 0.05) is 26.2 Å².